The van der Waals surface area contributed by atoms with Crippen molar-refractivity contribution in [3.63, 3.8) is 0 Å². The lowest BCUT2D eigenvalue weighted by Crippen LogP contribution is -1.95. The second-order valence-electron chi connectivity index (χ2n) is 7.29. The number of hydrogen-bond donors (Lipinski definition) is 2. The molecule has 152 valence electrons. The quantitative estimate of drug-likeness (QED) is 0.485. The fraction of sp³-hybridized carbons (Fsp3) is 0.125. The minimum Gasteiger partial charge on any atom is -0.389 e. The van der Waals surface area contributed by atoms with Gasteiger partial charge in [0.2, 0.25) is 0 Å². The average molecular weight is 419 g/mol. The van der Waals surface area contributed by atoms with Gasteiger partial charge in [0.05, 0.1) is 22.0 Å². The highest BCUT2D eigenvalue weighted by Gasteiger charge is 2.10. The van der Waals surface area contributed by atoms with Crippen LogP contribution in [0.5, 0.6) is 0 Å². The van der Waals surface area contributed by atoms with Gasteiger partial charge in [0.1, 0.15) is 5.82 Å². The summed E-state index contributed by atoms with van der Waals surface area (Å²) in [6.45, 7) is 1.76. The number of hydrogen-bond acceptors (Lipinski definition) is 4. The van der Waals surface area contributed by atoms with E-state index < -0.39 is 15.9 Å². The van der Waals surface area contributed by atoms with Gasteiger partial charge in [-0.05, 0) is 59.5 Å². The van der Waals surface area contributed by atoms with E-state index in [0.29, 0.717) is 10.7 Å². The number of benzene rings is 3. The Labute approximate surface area is 175 Å². The molecule has 3 aromatic carbocycles. The highest BCUT2D eigenvalue weighted by molar-refractivity contribution is 7.90. The van der Waals surface area contributed by atoms with Gasteiger partial charge in [-0.15, -0.1) is 0 Å². The Bertz CT molecular complexity index is 1330. The molecule has 1 aromatic heterocycles. The number of sulfone groups is 1. The fourth-order valence-electron chi connectivity index (χ4n) is 3.40. The zero-order valence-corrected chi connectivity index (χ0v) is 17.5. The molecule has 1 atom stereocenters. The standard InChI is InChI=1S/C24H22N2O3S/c1-16(27)20-5-3-4-6-21(20)18-10-13-22-23(15-18)26-24(25-22)14-9-17-7-11-19(12-8-17)30(2,28)29/h3-16,27H,1-2H3,(H,25,26). The van der Waals surface area contributed by atoms with Crippen LogP contribution in [0, 0.1) is 0 Å². The SMILES string of the molecule is CC(O)c1ccccc1-c1ccc2nc(C=Cc3ccc(S(C)(=O)=O)cc3)[nH]c2c1. The number of fused-ring (bicyclic) bond motifs is 1. The first-order valence-corrected chi connectivity index (χ1v) is 11.5. The van der Waals surface area contributed by atoms with Gasteiger partial charge in [-0.1, -0.05) is 48.5 Å². The van der Waals surface area contributed by atoms with Gasteiger partial charge in [-0.25, -0.2) is 13.4 Å². The van der Waals surface area contributed by atoms with Gasteiger partial charge >= 0.3 is 0 Å². The Hall–Kier alpha value is -3.22. The van der Waals surface area contributed by atoms with Crippen molar-refractivity contribution in [2.45, 2.75) is 17.9 Å². The molecule has 0 aliphatic rings. The topological polar surface area (TPSA) is 83.1 Å². The second kappa shape index (κ2) is 7.89. The Morgan fingerprint density at radius 3 is 2.43 bits per heavy atom. The van der Waals surface area contributed by atoms with E-state index in [1.165, 1.54) is 6.26 Å². The largest absolute Gasteiger partial charge is 0.389 e. The molecule has 0 fully saturated rings. The monoisotopic (exact) mass is 418 g/mol. The number of aromatic amines is 1. The number of H-pyrrole nitrogens is 1. The highest BCUT2D eigenvalue weighted by atomic mass is 32.2. The summed E-state index contributed by atoms with van der Waals surface area (Å²) in [4.78, 5) is 8.19. The molecule has 0 saturated heterocycles. The van der Waals surface area contributed by atoms with Crippen LogP contribution >= 0.6 is 0 Å². The van der Waals surface area contributed by atoms with Crippen molar-refractivity contribution in [2.24, 2.45) is 0 Å². The molecule has 5 nitrogen and oxygen atoms in total. The van der Waals surface area contributed by atoms with E-state index in [1.807, 2.05) is 54.6 Å². The van der Waals surface area contributed by atoms with Crippen molar-refractivity contribution in [1.82, 2.24) is 9.97 Å². The van der Waals surface area contributed by atoms with Crippen molar-refractivity contribution in [3.8, 4) is 11.1 Å². The molecule has 0 radical (unpaired) electrons. The van der Waals surface area contributed by atoms with Crippen LogP contribution in [-0.4, -0.2) is 29.7 Å². The van der Waals surface area contributed by atoms with Crippen LogP contribution in [0.2, 0.25) is 0 Å². The van der Waals surface area contributed by atoms with E-state index >= 15 is 0 Å². The van der Waals surface area contributed by atoms with Crippen molar-refractivity contribution in [3.05, 3.63) is 83.7 Å². The minimum absolute atomic E-state index is 0.299. The lowest BCUT2D eigenvalue weighted by molar-refractivity contribution is 0.200. The molecule has 1 heterocycles. The van der Waals surface area contributed by atoms with Gasteiger partial charge in [0.15, 0.2) is 9.84 Å². The summed E-state index contributed by atoms with van der Waals surface area (Å²) in [7, 11) is -3.20. The van der Waals surface area contributed by atoms with Crippen LogP contribution in [0.1, 0.15) is 30.0 Å². The summed E-state index contributed by atoms with van der Waals surface area (Å²) in [6, 6.07) is 20.5. The number of aromatic nitrogens is 2. The molecular formula is C24H22N2O3S. The molecule has 4 rings (SSSR count). The molecule has 0 spiro atoms. The second-order valence-corrected chi connectivity index (χ2v) is 9.31. The number of aliphatic hydroxyl groups excluding tert-OH is 1. The van der Waals surface area contributed by atoms with Crippen molar-refractivity contribution >= 4 is 33.0 Å². The van der Waals surface area contributed by atoms with Gasteiger partial charge in [0, 0.05) is 6.26 Å². The predicted molar refractivity (Wildman–Crippen MR) is 121 cm³/mol. The molecule has 0 amide bonds. The Balaban J connectivity index is 1.63. The Morgan fingerprint density at radius 1 is 1.00 bits per heavy atom. The maximum atomic E-state index is 11.6. The predicted octanol–water partition coefficient (Wildman–Crippen LogP) is 4.86. The van der Waals surface area contributed by atoms with E-state index in [4.69, 9.17) is 0 Å². The summed E-state index contributed by atoms with van der Waals surface area (Å²) in [6.07, 6.45) is 4.39. The van der Waals surface area contributed by atoms with Crippen LogP contribution in [0.25, 0.3) is 34.3 Å². The van der Waals surface area contributed by atoms with E-state index in [9.17, 15) is 13.5 Å². The highest BCUT2D eigenvalue weighted by Crippen LogP contribution is 2.30. The number of imidazole rings is 1. The van der Waals surface area contributed by atoms with Crippen LogP contribution in [0.4, 0.5) is 0 Å². The molecule has 1 unspecified atom stereocenters. The fourth-order valence-corrected chi connectivity index (χ4v) is 4.03. The minimum atomic E-state index is -3.20. The molecular weight excluding hydrogens is 396 g/mol. The average Bonchev–Trinajstić information content (AvgIpc) is 3.14. The van der Waals surface area contributed by atoms with E-state index in [0.717, 1.165) is 33.3 Å². The first-order chi connectivity index (χ1) is 14.3. The Kier molecular flexibility index (Phi) is 5.28. The molecule has 0 aliphatic carbocycles. The first kappa shape index (κ1) is 20.1. The summed E-state index contributed by atoms with van der Waals surface area (Å²) >= 11 is 0. The van der Waals surface area contributed by atoms with Gasteiger partial charge in [0.25, 0.3) is 0 Å². The summed E-state index contributed by atoms with van der Waals surface area (Å²) < 4.78 is 23.1. The Morgan fingerprint density at radius 2 is 1.73 bits per heavy atom. The third-order valence-corrected chi connectivity index (χ3v) is 6.09. The zero-order chi connectivity index (χ0) is 21.3. The summed E-state index contributed by atoms with van der Waals surface area (Å²) in [5.74, 6) is 0.707. The van der Waals surface area contributed by atoms with Crippen molar-refractivity contribution < 1.29 is 13.5 Å². The normalized spacial score (nSPS) is 13.2. The lowest BCUT2D eigenvalue weighted by atomic mass is 9.96. The maximum absolute atomic E-state index is 11.6. The van der Waals surface area contributed by atoms with Gasteiger partial charge < -0.3 is 10.1 Å². The van der Waals surface area contributed by atoms with Crippen LogP contribution < -0.4 is 0 Å². The molecule has 30 heavy (non-hydrogen) atoms. The van der Waals surface area contributed by atoms with Gasteiger partial charge in [-0.3, -0.25) is 0 Å². The van der Waals surface area contributed by atoms with E-state index in [1.54, 1.807) is 31.2 Å². The number of nitrogens with zero attached hydrogens (tertiary/aromatic N) is 1. The molecule has 2 N–H and O–H groups in total. The molecule has 0 bridgehead atoms. The van der Waals surface area contributed by atoms with Crippen LogP contribution in [0.15, 0.2) is 71.6 Å². The van der Waals surface area contributed by atoms with Crippen LogP contribution in [-0.2, 0) is 9.84 Å². The number of rotatable bonds is 5. The summed E-state index contributed by atoms with van der Waals surface area (Å²) in [5, 5.41) is 10.1. The number of nitrogens with one attached hydrogen (secondary N) is 1. The van der Waals surface area contributed by atoms with Gasteiger partial charge in [-0.2, -0.15) is 0 Å². The molecule has 0 saturated carbocycles. The molecule has 0 aliphatic heterocycles. The summed E-state index contributed by atoms with van der Waals surface area (Å²) in [5.41, 5.74) is 5.52. The number of aliphatic hydroxyl groups is 1. The van der Waals surface area contributed by atoms with Crippen molar-refractivity contribution in [1.29, 1.82) is 0 Å². The smallest absolute Gasteiger partial charge is 0.175 e. The third-order valence-electron chi connectivity index (χ3n) is 4.96. The maximum Gasteiger partial charge on any atom is 0.175 e. The van der Waals surface area contributed by atoms with Crippen molar-refractivity contribution in [2.75, 3.05) is 6.26 Å². The molecule has 4 aromatic rings. The first-order valence-electron chi connectivity index (χ1n) is 9.56. The third kappa shape index (κ3) is 4.20. The van der Waals surface area contributed by atoms with E-state index in [-0.39, 0.29) is 0 Å². The zero-order valence-electron chi connectivity index (χ0n) is 16.7. The van der Waals surface area contributed by atoms with E-state index in [2.05, 4.69) is 9.97 Å². The lowest BCUT2D eigenvalue weighted by Gasteiger charge is -2.11. The van der Waals surface area contributed by atoms with Crippen LogP contribution in [0.3, 0.4) is 0 Å². The molecule has 6 heteroatoms.